The van der Waals surface area contributed by atoms with Crippen LogP contribution in [0, 0.1) is 0 Å². The Morgan fingerprint density at radius 2 is 2.04 bits per heavy atom. The maximum Gasteiger partial charge on any atom is 0.260 e. The van der Waals surface area contributed by atoms with Crippen molar-refractivity contribution in [3.63, 3.8) is 0 Å². The van der Waals surface area contributed by atoms with Crippen molar-refractivity contribution in [3.8, 4) is 11.5 Å². The highest BCUT2D eigenvalue weighted by Crippen LogP contribution is 2.58. The normalized spacial score (nSPS) is 22.0. The summed E-state index contributed by atoms with van der Waals surface area (Å²) in [4.78, 5) is 29.2. The van der Waals surface area contributed by atoms with Crippen LogP contribution in [-0.2, 0) is 11.3 Å². The summed E-state index contributed by atoms with van der Waals surface area (Å²) < 4.78 is 10.4. The molecule has 1 aromatic carbocycles. The first-order valence-corrected chi connectivity index (χ1v) is 10.7. The van der Waals surface area contributed by atoms with Gasteiger partial charge in [0.1, 0.15) is 11.4 Å². The largest absolute Gasteiger partial charge is 0.493 e. The molecule has 2 aromatic rings. The van der Waals surface area contributed by atoms with Crippen molar-refractivity contribution in [2.24, 2.45) is 0 Å². The average molecular weight is 419 g/mol. The van der Waals surface area contributed by atoms with E-state index in [9.17, 15) is 9.59 Å². The maximum absolute atomic E-state index is 13.4. The van der Waals surface area contributed by atoms with Gasteiger partial charge in [-0.2, -0.15) is 0 Å². The standard InChI is InChI=1S/C20H22N2O4S2/c1-20(2)16(17(23)21-10-11-6-5-9-27-11)22-18(24)14-12(19(22)28-20)7-8-13(25-3)15(14)26-4/h5-9,16,19H,10H2,1-4H3,(H,21,23)/t16-,19-/m0/s1. The third-order valence-electron chi connectivity index (χ3n) is 5.16. The lowest BCUT2D eigenvalue weighted by Crippen LogP contribution is -2.52. The molecule has 0 radical (unpaired) electrons. The first-order chi connectivity index (χ1) is 13.4. The molecule has 8 heteroatoms. The van der Waals surface area contributed by atoms with Crippen molar-refractivity contribution in [2.75, 3.05) is 14.2 Å². The Bertz CT molecular complexity index is 927. The number of thioether (sulfide) groups is 1. The lowest BCUT2D eigenvalue weighted by Gasteiger charge is -2.29. The first-order valence-electron chi connectivity index (χ1n) is 8.94. The summed E-state index contributed by atoms with van der Waals surface area (Å²) in [6, 6.07) is 7.08. The lowest BCUT2D eigenvalue weighted by molar-refractivity contribution is -0.126. The van der Waals surface area contributed by atoms with Crippen molar-refractivity contribution >= 4 is 34.9 Å². The molecule has 0 unspecified atom stereocenters. The molecule has 2 aliphatic heterocycles. The summed E-state index contributed by atoms with van der Waals surface area (Å²) >= 11 is 3.22. The summed E-state index contributed by atoms with van der Waals surface area (Å²) in [7, 11) is 3.07. The van der Waals surface area contributed by atoms with Crippen molar-refractivity contribution < 1.29 is 19.1 Å². The minimum Gasteiger partial charge on any atom is -0.493 e. The second-order valence-electron chi connectivity index (χ2n) is 7.25. The molecule has 2 atom stereocenters. The van der Waals surface area contributed by atoms with Gasteiger partial charge in [-0.25, -0.2) is 0 Å². The number of carbonyl (C=O) groups excluding carboxylic acids is 2. The van der Waals surface area contributed by atoms with E-state index in [0.717, 1.165) is 10.4 Å². The van der Waals surface area contributed by atoms with Crippen molar-refractivity contribution in [1.29, 1.82) is 0 Å². The molecule has 3 heterocycles. The van der Waals surface area contributed by atoms with E-state index >= 15 is 0 Å². The average Bonchev–Trinajstić information content (AvgIpc) is 3.34. The van der Waals surface area contributed by atoms with Crippen LogP contribution in [-0.4, -0.2) is 41.7 Å². The summed E-state index contributed by atoms with van der Waals surface area (Å²) in [5, 5.41) is 4.77. The summed E-state index contributed by atoms with van der Waals surface area (Å²) in [6.07, 6.45) is 0. The quantitative estimate of drug-likeness (QED) is 0.806. The van der Waals surface area contributed by atoms with E-state index < -0.39 is 10.8 Å². The molecule has 1 fully saturated rings. The Balaban J connectivity index is 1.67. The zero-order valence-corrected chi connectivity index (χ0v) is 17.8. The minimum absolute atomic E-state index is 0.138. The third kappa shape index (κ3) is 2.86. The molecule has 4 rings (SSSR count). The van der Waals surface area contributed by atoms with Crippen LogP contribution < -0.4 is 14.8 Å². The maximum atomic E-state index is 13.4. The fourth-order valence-electron chi connectivity index (χ4n) is 3.94. The number of ether oxygens (including phenoxy) is 2. The minimum atomic E-state index is -0.571. The summed E-state index contributed by atoms with van der Waals surface area (Å²) in [5.41, 5.74) is 1.36. The van der Waals surface area contributed by atoms with Gasteiger partial charge in [0.05, 0.1) is 26.3 Å². The fourth-order valence-corrected chi connectivity index (χ4v) is 6.16. The molecular formula is C20H22N2O4S2. The fraction of sp³-hybridized carbons (Fsp3) is 0.400. The predicted octanol–water partition coefficient (Wildman–Crippen LogP) is 3.43. The van der Waals surface area contributed by atoms with Gasteiger partial charge in [0, 0.05) is 15.2 Å². The van der Waals surface area contributed by atoms with Gasteiger partial charge in [-0.1, -0.05) is 12.1 Å². The number of methoxy groups -OCH3 is 2. The van der Waals surface area contributed by atoms with Crippen LogP contribution in [0.4, 0.5) is 0 Å². The first kappa shape index (κ1) is 19.1. The molecule has 0 saturated carbocycles. The van der Waals surface area contributed by atoms with Crippen LogP contribution in [0.15, 0.2) is 29.6 Å². The number of fused-ring (bicyclic) bond motifs is 3. The molecule has 2 amide bonds. The van der Waals surface area contributed by atoms with Crippen LogP contribution in [0.3, 0.4) is 0 Å². The van der Waals surface area contributed by atoms with Gasteiger partial charge in [0.25, 0.3) is 5.91 Å². The van der Waals surface area contributed by atoms with Gasteiger partial charge in [-0.05, 0) is 31.4 Å². The molecule has 0 aliphatic carbocycles. The molecule has 1 saturated heterocycles. The Morgan fingerprint density at radius 3 is 2.68 bits per heavy atom. The topological polar surface area (TPSA) is 67.9 Å². The highest BCUT2D eigenvalue weighted by Gasteiger charge is 2.58. The van der Waals surface area contributed by atoms with E-state index in [1.807, 2.05) is 43.5 Å². The number of carbonyl (C=O) groups is 2. The van der Waals surface area contributed by atoms with Crippen LogP contribution in [0.5, 0.6) is 11.5 Å². The second kappa shape index (κ2) is 7.00. The van der Waals surface area contributed by atoms with Gasteiger partial charge >= 0.3 is 0 Å². The number of hydrogen-bond donors (Lipinski definition) is 1. The Kier molecular flexibility index (Phi) is 4.79. The zero-order chi connectivity index (χ0) is 20.1. The van der Waals surface area contributed by atoms with Gasteiger partial charge in [0.15, 0.2) is 11.5 Å². The van der Waals surface area contributed by atoms with E-state index in [4.69, 9.17) is 9.47 Å². The number of hydrogen-bond acceptors (Lipinski definition) is 6. The van der Waals surface area contributed by atoms with Gasteiger partial charge in [-0.3, -0.25) is 9.59 Å². The number of amides is 2. The summed E-state index contributed by atoms with van der Waals surface area (Å²) in [6.45, 7) is 4.49. The van der Waals surface area contributed by atoms with Gasteiger partial charge in [-0.15, -0.1) is 23.1 Å². The Labute approximate surface area is 172 Å². The number of benzene rings is 1. The summed E-state index contributed by atoms with van der Waals surface area (Å²) in [5.74, 6) is 0.611. The molecule has 2 aliphatic rings. The third-order valence-corrected chi connectivity index (χ3v) is 7.57. The molecule has 0 bridgehead atoms. The van der Waals surface area contributed by atoms with Crippen molar-refractivity contribution in [1.82, 2.24) is 10.2 Å². The van der Waals surface area contributed by atoms with Gasteiger partial charge in [0.2, 0.25) is 5.91 Å². The Morgan fingerprint density at radius 1 is 1.25 bits per heavy atom. The van der Waals surface area contributed by atoms with Crippen LogP contribution >= 0.6 is 23.1 Å². The van der Waals surface area contributed by atoms with E-state index in [2.05, 4.69) is 5.32 Å². The predicted molar refractivity (Wildman–Crippen MR) is 110 cm³/mol. The van der Waals surface area contributed by atoms with Crippen molar-refractivity contribution in [2.45, 2.75) is 36.6 Å². The van der Waals surface area contributed by atoms with Crippen LogP contribution in [0.1, 0.15) is 40.0 Å². The SMILES string of the molecule is COc1ccc2c(c1OC)C(=O)N1[C@@H](C(=O)NCc3cccs3)C(C)(C)S[C@@H]21. The highest BCUT2D eigenvalue weighted by molar-refractivity contribution is 8.01. The number of nitrogens with one attached hydrogen (secondary N) is 1. The van der Waals surface area contributed by atoms with E-state index in [-0.39, 0.29) is 17.2 Å². The number of thiophene rings is 1. The molecule has 0 spiro atoms. The highest BCUT2D eigenvalue weighted by atomic mass is 32.2. The number of nitrogens with zero attached hydrogens (tertiary/aromatic N) is 1. The molecule has 1 N–H and O–H groups in total. The van der Waals surface area contributed by atoms with Crippen LogP contribution in [0.2, 0.25) is 0 Å². The lowest BCUT2D eigenvalue weighted by atomic mass is 10.0. The van der Waals surface area contributed by atoms with Gasteiger partial charge < -0.3 is 19.7 Å². The monoisotopic (exact) mass is 418 g/mol. The molecule has 6 nitrogen and oxygen atoms in total. The van der Waals surface area contributed by atoms with Crippen molar-refractivity contribution in [3.05, 3.63) is 45.6 Å². The Hall–Kier alpha value is -2.19. The number of rotatable bonds is 5. The molecular weight excluding hydrogens is 396 g/mol. The smallest absolute Gasteiger partial charge is 0.260 e. The molecule has 148 valence electrons. The zero-order valence-electron chi connectivity index (χ0n) is 16.1. The van der Waals surface area contributed by atoms with E-state index in [1.165, 1.54) is 7.11 Å². The molecule has 1 aromatic heterocycles. The van der Waals surface area contributed by atoms with Crippen LogP contribution in [0.25, 0.3) is 0 Å². The van der Waals surface area contributed by atoms with E-state index in [0.29, 0.717) is 23.6 Å². The van der Waals surface area contributed by atoms with E-state index in [1.54, 1.807) is 35.1 Å². The molecule has 28 heavy (non-hydrogen) atoms. The second-order valence-corrected chi connectivity index (χ2v) is 10.0.